The largest absolute Gasteiger partial charge is 0.409 e. The van der Waals surface area contributed by atoms with E-state index in [1.807, 2.05) is 30.3 Å². The molecule has 21 heavy (non-hydrogen) atoms. The zero-order chi connectivity index (χ0) is 15.2. The zero-order valence-electron chi connectivity index (χ0n) is 12.4. The highest BCUT2D eigenvalue weighted by atomic mass is 16.4. The lowest BCUT2D eigenvalue weighted by Crippen LogP contribution is -2.13. The molecule has 0 radical (unpaired) electrons. The smallest absolute Gasteiger partial charge is 0.170 e. The first kappa shape index (κ1) is 14.9. The standard InChI is InChI=1S/C17H21N3O/c1-12(2)15-5-3-4-6-16(15)19-11-13-7-9-14(10-8-13)17(18)20-21/h3-10,12,19,21H,11H2,1-2H3,(H2,18,20). The average Bonchev–Trinajstić information content (AvgIpc) is 2.52. The molecule has 0 unspecified atom stereocenters. The summed E-state index contributed by atoms with van der Waals surface area (Å²) in [5.41, 5.74) is 9.87. The molecule has 0 bridgehead atoms. The molecule has 2 aromatic carbocycles. The van der Waals surface area contributed by atoms with Gasteiger partial charge < -0.3 is 16.3 Å². The summed E-state index contributed by atoms with van der Waals surface area (Å²) in [5, 5.41) is 15.1. The Hall–Kier alpha value is -2.49. The molecule has 4 nitrogen and oxygen atoms in total. The van der Waals surface area contributed by atoms with Crippen molar-refractivity contribution in [3.8, 4) is 0 Å². The van der Waals surface area contributed by atoms with Gasteiger partial charge in [-0.05, 0) is 23.1 Å². The summed E-state index contributed by atoms with van der Waals surface area (Å²) >= 11 is 0. The van der Waals surface area contributed by atoms with E-state index in [9.17, 15) is 0 Å². The molecule has 0 aliphatic carbocycles. The van der Waals surface area contributed by atoms with E-state index in [1.54, 1.807) is 0 Å². The van der Waals surface area contributed by atoms with Crippen molar-refractivity contribution in [1.82, 2.24) is 0 Å². The Morgan fingerprint density at radius 3 is 2.43 bits per heavy atom. The summed E-state index contributed by atoms with van der Waals surface area (Å²) in [7, 11) is 0. The molecule has 0 aliphatic rings. The second-order valence-electron chi connectivity index (χ2n) is 5.28. The number of nitrogens with two attached hydrogens (primary N) is 1. The Kier molecular flexibility index (Phi) is 4.82. The molecule has 0 heterocycles. The number of nitrogens with zero attached hydrogens (tertiary/aromatic N) is 1. The molecule has 4 N–H and O–H groups in total. The van der Waals surface area contributed by atoms with Gasteiger partial charge in [0.05, 0.1) is 0 Å². The van der Waals surface area contributed by atoms with Crippen molar-refractivity contribution in [3.05, 3.63) is 65.2 Å². The minimum absolute atomic E-state index is 0.125. The number of rotatable bonds is 5. The predicted octanol–water partition coefficient (Wildman–Crippen LogP) is 3.52. The van der Waals surface area contributed by atoms with Crippen molar-refractivity contribution in [3.63, 3.8) is 0 Å². The maximum Gasteiger partial charge on any atom is 0.170 e. The van der Waals surface area contributed by atoms with E-state index in [0.29, 0.717) is 11.5 Å². The highest BCUT2D eigenvalue weighted by Gasteiger charge is 2.05. The maximum absolute atomic E-state index is 8.64. The predicted molar refractivity (Wildman–Crippen MR) is 86.8 cm³/mol. The lowest BCUT2D eigenvalue weighted by molar-refractivity contribution is 0.318. The monoisotopic (exact) mass is 283 g/mol. The Balaban J connectivity index is 2.07. The highest BCUT2D eigenvalue weighted by molar-refractivity contribution is 5.96. The second kappa shape index (κ2) is 6.79. The molecule has 2 rings (SSSR count). The van der Waals surface area contributed by atoms with Crippen LogP contribution in [0.5, 0.6) is 0 Å². The molecule has 0 aromatic heterocycles. The number of anilines is 1. The third-order valence-electron chi connectivity index (χ3n) is 3.42. The van der Waals surface area contributed by atoms with Gasteiger partial charge in [0.25, 0.3) is 0 Å². The number of hydrogen-bond donors (Lipinski definition) is 3. The van der Waals surface area contributed by atoms with Gasteiger partial charge in [0, 0.05) is 17.8 Å². The number of para-hydroxylation sites is 1. The fraction of sp³-hybridized carbons (Fsp3) is 0.235. The van der Waals surface area contributed by atoms with Crippen molar-refractivity contribution in [1.29, 1.82) is 0 Å². The number of benzene rings is 2. The molecule has 0 fully saturated rings. The van der Waals surface area contributed by atoms with Crippen molar-refractivity contribution in [2.24, 2.45) is 10.9 Å². The topological polar surface area (TPSA) is 70.6 Å². The number of oxime groups is 1. The van der Waals surface area contributed by atoms with Crippen molar-refractivity contribution >= 4 is 11.5 Å². The van der Waals surface area contributed by atoms with Crippen LogP contribution in [0, 0.1) is 0 Å². The van der Waals surface area contributed by atoms with Gasteiger partial charge in [-0.3, -0.25) is 0 Å². The third-order valence-corrected chi connectivity index (χ3v) is 3.42. The molecule has 0 saturated heterocycles. The lowest BCUT2D eigenvalue weighted by Gasteiger charge is -2.14. The van der Waals surface area contributed by atoms with Crippen LogP contribution in [-0.4, -0.2) is 11.0 Å². The molecule has 0 amide bonds. The first-order valence-corrected chi connectivity index (χ1v) is 7.01. The van der Waals surface area contributed by atoms with E-state index in [1.165, 1.54) is 5.56 Å². The number of hydrogen-bond acceptors (Lipinski definition) is 3. The molecule has 110 valence electrons. The van der Waals surface area contributed by atoms with E-state index >= 15 is 0 Å². The van der Waals surface area contributed by atoms with Crippen LogP contribution in [0.3, 0.4) is 0 Å². The lowest BCUT2D eigenvalue weighted by atomic mass is 10.0. The summed E-state index contributed by atoms with van der Waals surface area (Å²) in [5.74, 6) is 0.608. The van der Waals surface area contributed by atoms with Crippen molar-refractivity contribution < 1.29 is 5.21 Å². The maximum atomic E-state index is 8.64. The van der Waals surface area contributed by atoms with Gasteiger partial charge in [-0.2, -0.15) is 0 Å². The molecule has 0 atom stereocenters. The first-order chi connectivity index (χ1) is 10.1. The van der Waals surface area contributed by atoms with Crippen molar-refractivity contribution in [2.45, 2.75) is 26.3 Å². The van der Waals surface area contributed by atoms with Crippen LogP contribution in [0.15, 0.2) is 53.7 Å². The van der Waals surface area contributed by atoms with E-state index in [2.05, 4.69) is 42.5 Å². The summed E-state index contributed by atoms with van der Waals surface area (Å²) in [6.07, 6.45) is 0. The molecule has 0 aliphatic heterocycles. The minimum Gasteiger partial charge on any atom is -0.409 e. The molecule has 2 aromatic rings. The van der Waals surface area contributed by atoms with E-state index in [4.69, 9.17) is 10.9 Å². The van der Waals surface area contributed by atoms with E-state index in [-0.39, 0.29) is 5.84 Å². The third kappa shape index (κ3) is 3.75. The number of amidine groups is 1. The second-order valence-corrected chi connectivity index (χ2v) is 5.28. The van der Waals surface area contributed by atoms with Crippen LogP contribution < -0.4 is 11.1 Å². The van der Waals surface area contributed by atoms with E-state index < -0.39 is 0 Å². The fourth-order valence-electron chi connectivity index (χ4n) is 2.21. The molecule has 0 saturated carbocycles. The fourth-order valence-corrected chi connectivity index (χ4v) is 2.21. The van der Waals surface area contributed by atoms with Crippen LogP contribution in [0.1, 0.15) is 36.5 Å². The van der Waals surface area contributed by atoms with Gasteiger partial charge in [0.2, 0.25) is 0 Å². The highest BCUT2D eigenvalue weighted by Crippen LogP contribution is 2.24. The van der Waals surface area contributed by atoms with Gasteiger partial charge >= 0.3 is 0 Å². The summed E-state index contributed by atoms with van der Waals surface area (Å²) < 4.78 is 0. The Morgan fingerprint density at radius 2 is 1.81 bits per heavy atom. The minimum atomic E-state index is 0.125. The van der Waals surface area contributed by atoms with Crippen molar-refractivity contribution in [2.75, 3.05) is 5.32 Å². The van der Waals surface area contributed by atoms with Crippen LogP contribution >= 0.6 is 0 Å². The summed E-state index contributed by atoms with van der Waals surface area (Å²) in [4.78, 5) is 0. The van der Waals surface area contributed by atoms with Crippen LogP contribution in [0.4, 0.5) is 5.69 Å². The van der Waals surface area contributed by atoms with Gasteiger partial charge in [0.15, 0.2) is 5.84 Å². The molecular weight excluding hydrogens is 262 g/mol. The molecule has 0 spiro atoms. The van der Waals surface area contributed by atoms with Gasteiger partial charge in [-0.25, -0.2) is 0 Å². The normalized spacial score (nSPS) is 11.7. The molecule has 4 heteroatoms. The average molecular weight is 283 g/mol. The van der Waals surface area contributed by atoms with Crippen LogP contribution in [0.2, 0.25) is 0 Å². The van der Waals surface area contributed by atoms with E-state index in [0.717, 1.165) is 17.8 Å². The molecular formula is C17H21N3O. The van der Waals surface area contributed by atoms with Gasteiger partial charge in [-0.1, -0.05) is 61.5 Å². The Bertz CT molecular complexity index is 618. The SMILES string of the molecule is CC(C)c1ccccc1NCc1ccc(C(N)=NO)cc1. The Labute approximate surface area is 125 Å². The summed E-state index contributed by atoms with van der Waals surface area (Å²) in [6.45, 7) is 5.11. The first-order valence-electron chi connectivity index (χ1n) is 7.01. The van der Waals surface area contributed by atoms with Crippen LogP contribution in [-0.2, 0) is 6.54 Å². The summed E-state index contributed by atoms with van der Waals surface area (Å²) in [6, 6.07) is 16.0. The zero-order valence-corrected chi connectivity index (χ0v) is 12.4. The quantitative estimate of drug-likeness (QED) is 0.340. The Morgan fingerprint density at radius 1 is 1.14 bits per heavy atom. The van der Waals surface area contributed by atoms with Gasteiger partial charge in [-0.15, -0.1) is 0 Å². The van der Waals surface area contributed by atoms with Crippen LogP contribution in [0.25, 0.3) is 0 Å². The number of nitrogens with one attached hydrogen (secondary N) is 1. The van der Waals surface area contributed by atoms with Gasteiger partial charge in [0.1, 0.15) is 0 Å².